The first kappa shape index (κ1) is 23.5. The van der Waals surface area contributed by atoms with Crippen LogP contribution >= 0.6 is 15.9 Å². The number of benzene rings is 1. The molecule has 1 aliphatic carbocycles. The number of nitrogens with zero attached hydrogens (tertiary/aromatic N) is 1. The van der Waals surface area contributed by atoms with Crippen LogP contribution in [0.15, 0.2) is 22.7 Å². The SMILES string of the molecule is CCC(C(C(=O)O)C1CCCC1)S(=O)(=O)N1CCC(Oc2ccc(F)cc2Br)CC1. The van der Waals surface area contributed by atoms with Gasteiger partial charge in [0.15, 0.2) is 0 Å². The molecule has 3 rings (SSSR count). The topological polar surface area (TPSA) is 83.9 Å². The van der Waals surface area contributed by atoms with Crippen molar-refractivity contribution in [2.45, 2.75) is 63.2 Å². The summed E-state index contributed by atoms with van der Waals surface area (Å²) < 4.78 is 47.8. The summed E-state index contributed by atoms with van der Waals surface area (Å²) in [6, 6.07) is 4.20. The highest BCUT2D eigenvalue weighted by Crippen LogP contribution is 2.38. The molecule has 168 valence electrons. The molecule has 30 heavy (non-hydrogen) atoms. The lowest BCUT2D eigenvalue weighted by atomic mass is 9.87. The molecule has 2 atom stereocenters. The number of carboxylic acids is 1. The summed E-state index contributed by atoms with van der Waals surface area (Å²) in [7, 11) is -3.73. The number of carboxylic acid groups (broad SMARTS) is 1. The van der Waals surface area contributed by atoms with E-state index >= 15 is 0 Å². The Bertz CT molecular complexity index is 851. The molecule has 6 nitrogen and oxygen atoms in total. The third-order valence-electron chi connectivity index (χ3n) is 6.33. The van der Waals surface area contributed by atoms with Crippen molar-refractivity contribution in [1.82, 2.24) is 4.31 Å². The maximum atomic E-state index is 13.3. The number of hydrogen-bond acceptors (Lipinski definition) is 4. The summed E-state index contributed by atoms with van der Waals surface area (Å²) in [6.45, 7) is 2.34. The molecule has 2 aliphatic rings. The number of piperidine rings is 1. The van der Waals surface area contributed by atoms with Crippen molar-refractivity contribution in [1.29, 1.82) is 0 Å². The van der Waals surface area contributed by atoms with Gasteiger partial charge in [-0.1, -0.05) is 19.8 Å². The Hall–Kier alpha value is -1.19. The Morgan fingerprint density at radius 2 is 1.90 bits per heavy atom. The van der Waals surface area contributed by atoms with Crippen molar-refractivity contribution in [2.75, 3.05) is 13.1 Å². The molecule has 1 aromatic rings. The van der Waals surface area contributed by atoms with Gasteiger partial charge in [0.2, 0.25) is 10.0 Å². The monoisotopic (exact) mass is 505 g/mol. The molecule has 0 bridgehead atoms. The molecule has 0 spiro atoms. The predicted octanol–water partition coefficient (Wildman–Crippen LogP) is 4.43. The molecule has 1 heterocycles. The van der Waals surface area contributed by atoms with Gasteiger partial charge < -0.3 is 9.84 Å². The zero-order valence-corrected chi connectivity index (χ0v) is 19.5. The Balaban J connectivity index is 1.67. The van der Waals surface area contributed by atoms with Gasteiger partial charge in [-0.05, 0) is 72.2 Å². The number of hydrogen-bond donors (Lipinski definition) is 1. The summed E-state index contributed by atoms with van der Waals surface area (Å²) >= 11 is 3.28. The van der Waals surface area contributed by atoms with Crippen LogP contribution in [0.3, 0.4) is 0 Å². The highest BCUT2D eigenvalue weighted by atomic mass is 79.9. The molecule has 1 aromatic carbocycles. The van der Waals surface area contributed by atoms with E-state index in [-0.39, 0.29) is 24.3 Å². The van der Waals surface area contributed by atoms with Crippen molar-refractivity contribution in [3.05, 3.63) is 28.5 Å². The van der Waals surface area contributed by atoms with Crippen molar-refractivity contribution in [3.63, 3.8) is 0 Å². The van der Waals surface area contributed by atoms with Gasteiger partial charge in [0.05, 0.1) is 15.6 Å². The van der Waals surface area contributed by atoms with E-state index in [1.807, 2.05) is 0 Å². The van der Waals surface area contributed by atoms with E-state index in [2.05, 4.69) is 15.9 Å². The second-order valence-corrected chi connectivity index (χ2v) is 11.2. The number of halogens is 2. The largest absolute Gasteiger partial charge is 0.489 e. The summed E-state index contributed by atoms with van der Waals surface area (Å²) in [5.74, 6) is -1.77. The van der Waals surface area contributed by atoms with E-state index in [1.54, 1.807) is 13.0 Å². The summed E-state index contributed by atoms with van der Waals surface area (Å²) in [5.41, 5.74) is 0. The fraction of sp³-hybridized carbons (Fsp3) is 0.667. The Labute approximate surface area is 186 Å². The Morgan fingerprint density at radius 1 is 1.27 bits per heavy atom. The highest BCUT2D eigenvalue weighted by molar-refractivity contribution is 9.10. The minimum absolute atomic E-state index is 0.0704. The molecule has 1 saturated carbocycles. The van der Waals surface area contributed by atoms with Crippen LogP contribution in [0.5, 0.6) is 5.75 Å². The van der Waals surface area contributed by atoms with Crippen LogP contribution in [-0.4, -0.2) is 48.2 Å². The molecule has 1 aliphatic heterocycles. The smallest absolute Gasteiger partial charge is 0.308 e. The maximum Gasteiger partial charge on any atom is 0.308 e. The number of rotatable bonds is 8. The van der Waals surface area contributed by atoms with Crippen LogP contribution in [0.25, 0.3) is 0 Å². The Morgan fingerprint density at radius 3 is 2.43 bits per heavy atom. The van der Waals surface area contributed by atoms with Crippen LogP contribution in [-0.2, 0) is 14.8 Å². The van der Waals surface area contributed by atoms with Crippen LogP contribution in [0.1, 0.15) is 51.9 Å². The van der Waals surface area contributed by atoms with Gasteiger partial charge in [-0.3, -0.25) is 4.79 Å². The third kappa shape index (κ3) is 5.16. The average Bonchev–Trinajstić information content (AvgIpc) is 3.22. The number of carbonyl (C=O) groups is 1. The van der Waals surface area contributed by atoms with Crippen molar-refractivity contribution < 1.29 is 27.4 Å². The molecule has 9 heteroatoms. The lowest BCUT2D eigenvalue weighted by molar-refractivity contribution is -0.143. The molecule has 0 amide bonds. The maximum absolute atomic E-state index is 13.3. The van der Waals surface area contributed by atoms with Crippen LogP contribution in [0, 0.1) is 17.7 Å². The van der Waals surface area contributed by atoms with Crippen molar-refractivity contribution in [3.8, 4) is 5.75 Å². The van der Waals surface area contributed by atoms with E-state index in [9.17, 15) is 22.7 Å². The lowest BCUT2D eigenvalue weighted by Crippen LogP contribution is -2.49. The predicted molar refractivity (Wildman–Crippen MR) is 115 cm³/mol. The molecule has 1 saturated heterocycles. The molecule has 1 N–H and O–H groups in total. The van der Waals surface area contributed by atoms with Gasteiger partial charge in [0.25, 0.3) is 0 Å². The molecule has 0 aromatic heterocycles. The summed E-state index contributed by atoms with van der Waals surface area (Å²) in [6.07, 6.45) is 4.61. The fourth-order valence-electron chi connectivity index (χ4n) is 4.78. The van der Waals surface area contributed by atoms with Gasteiger partial charge >= 0.3 is 5.97 Å². The first-order valence-electron chi connectivity index (χ1n) is 10.6. The van der Waals surface area contributed by atoms with Gasteiger partial charge in [-0.2, -0.15) is 0 Å². The Kier molecular flexibility index (Phi) is 7.79. The van der Waals surface area contributed by atoms with E-state index in [4.69, 9.17) is 4.74 Å². The van der Waals surface area contributed by atoms with Crippen LogP contribution < -0.4 is 4.74 Å². The zero-order valence-electron chi connectivity index (χ0n) is 17.1. The van der Waals surface area contributed by atoms with Gasteiger partial charge in [-0.25, -0.2) is 17.1 Å². The summed E-state index contributed by atoms with van der Waals surface area (Å²) in [5, 5.41) is 8.91. The standard InChI is InChI=1S/C21H29BrFNO5S/c1-2-19(20(21(25)26)14-5-3-4-6-14)30(27,28)24-11-9-16(10-12-24)29-18-8-7-15(23)13-17(18)22/h7-8,13-14,16,19-20H,2-6,9-12H2,1H3,(H,25,26). The number of ether oxygens (including phenoxy) is 1. The first-order chi connectivity index (χ1) is 14.2. The van der Waals surface area contributed by atoms with E-state index in [0.717, 1.165) is 25.7 Å². The normalized spacial score (nSPS) is 21.4. The fourth-order valence-corrected chi connectivity index (χ4v) is 7.45. The van der Waals surface area contributed by atoms with Crippen LogP contribution in [0.2, 0.25) is 0 Å². The zero-order chi connectivity index (χ0) is 21.9. The molecule has 0 radical (unpaired) electrons. The lowest BCUT2D eigenvalue weighted by Gasteiger charge is -2.36. The van der Waals surface area contributed by atoms with E-state index < -0.39 is 27.2 Å². The second kappa shape index (κ2) is 9.96. The van der Waals surface area contributed by atoms with E-state index in [0.29, 0.717) is 36.2 Å². The van der Waals surface area contributed by atoms with Gasteiger partial charge in [0, 0.05) is 13.1 Å². The molecule has 2 unspecified atom stereocenters. The minimum Gasteiger partial charge on any atom is -0.489 e. The summed E-state index contributed by atoms with van der Waals surface area (Å²) in [4.78, 5) is 12.0. The number of sulfonamides is 1. The molecular weight excluding hydrogens is 477 g/mol. The second-order valence-electron chi connectivity index (χ2n) is 8.19. The van der Waals surface area contributed by atoms with Crippen molar-refractivity contribution in [2.24, 2.45) is 11.8 Å². The third-order valence-corrected chi connectivity index (χ3v) is 9.42. The molecule has 2 fully saturated rings. The quantitative estimate of drug-likeness (QED) is 0.564. The first-order valence-corrected chi connectivity index (χ1v) is 12.9. The van der Waals surface area contributed by atoms with Gasteiger partial charge in [-0.15, -0.1) is 0 Å². The van der Waals surface area contributed by atoms with Gasteiger partial charge in [0.1, 0.15) is 17.7 Å². The van der Waals surface area contributed by atoms with E-state index in [1.165, 1.54) is 16.4 Å². The molecular formula is C21H29BrFNO5S. The number of aliphatic carboxylic acids is 1. The highest BCUT2D eigenvalue weighted by Gasteiger charge is 2.45. The average molecular weight is 506 g/mol. The van der Waals surface area contributed by atoms with Crippen molar-refractivity contribution >= 4 is 31.9 Å². The minimum atomic E-state index is -3.73. The van der Waals surface area contributed by atoms with Crippen LogP contribution in [0.4, 0.5) is 4.39 Å².